The molecule has 3 aromatic rings. The van der Waals surface area contributed by atoms with Gasteiger partial charge in [0.15, 0.2) is 0 Å². The third-order valence-electron chi connectivity index (χ3n) is 4.86. The molecule has 1 aliphatic rings. The van der Waals surface area contributed by atoms with Crippen LogP contribution in [0.4, 0.5) is 0 Å². The molecule has 2 aromatic heterocycles. The summed E-state index contributed by atoms with van der Waals surface area (Å²) < 4.78 is 1.57. The van der Waals surface area contributed by atoms with Crippen LogP contribution in [0.25, 0.3) is 10.8 Å². The number of pyridine rings is 2. The van der Waals surface area contributed by atoms with E-state index in [4.69, 9.17) is 16.6 Å². The third-order valence-corrected chi connectivity index (χ3v) is 5.15. The van der Waals surface area contributed by atoms with Crippen molar-refractivity contribution in [3.8, 4) is 0 Å². The highest BCUT2D eigenvalue weighted by Gasteiger charge is 2.15. The van der Waals surface area contributed by atoms with E-state index in [0.29, 0.717) is 22.4 Å². The molecule has 2 heterocycles. The lowest BCUT2D eigenvalue weighted by Gasteiger charge is -2.17. The van der Waals surface area contributed by atoms with E-state index in [1.165, 1.54) is 19.3 Å². The summed E-state index contributed by atoms with van der Waals surface area (Å²) in [7, 11) is 0. The summed E-state index contributed by atoms with van der Waals surface area (Å²) in [6.07, 6.45) is 7.61. The van der Waals surface area contributed by atoms with Crippen molar-refractivity contribution in [2.75, 3.05) is 0 Å². The van der Waals surface area contributed by atoms with Crippen LogP contribution in [-0.2, 0) is 0 Å². The second-order valence-corrected chi connectivity index (χ2v) is 7.03. The number of carbonyl (C=O) groups is 1. The van der Waals surface area contributed by atoms with Crippen LogP contribution >= 0.6 is 11.6 Å². The van der Waals surface area contributed by atoms with Crippen molar-refractivity contribution in [3.63, 3.8) is 0 Å². The molecule has 0 amide bonds. The van der Waals surface area contributed by atoms with Crippen LogP contribution in [0.5, 0.6) is 0 Å². The lowest BCUT2D eigenvalue weighted by Crippen LogP contribution is -2.29. The molecule has 0 N–H and O–H groups in total. The Balaban J connectivity index is 1.76. The largest absolute Gasteiger partial charge is 0.282 e. The first-order valence-corrected chi connectivity index (χ1v) is 9.42. The number of nitrogens with zero attached hydrogens (tertiary/aromatic N) is 3. The van der Waals surface area contributed by atoms with Gasteiger partial charge in [-0.2, -0.15) is 0 Å². The number of rotatable bonds is 2. The second kappa shape index (κ2) is 7.42. The first-order chi connectivity index (χ1) is 12.7. The van der Waals surface area contributed by atoms with Crippen LogP contribution in [-0.4, -0.2) is 21.5 Å². The van der Waals surface area contributed by atoms with Crippen LogP contribution in [0.1, 0.15) is 42.6 Å². The Kier molecular flexibility index (Phi) is 4.85. The number of carbonyl (C=O) groups excluding carboxylic acids is 1. The Labute approximate surface area is 157 Å². The lowest BCUT2D eigenvalue weighted by molar-refractivity contribution is 0.0949. The first-order valence-electron chi connectivity index (χ1n) is 9.04. The van der Waals surface area contributed by atoms with E-state index in [1.54, 1.807) is 16.8 Å². The Hall–Kier alpha value is -2.46. The smallest absolute Gasteiger partial charge is 0.267 e. The maximum Gasteiger partial charge on any atom is 0.282 e. The molecule has 0 spiro atoms. The fraction of sp³-hybridized carbons (Fsp3) is 0.286. The quantitative estimate of drug-likeness (QED) is 0.622. The summed E-state index contributed by atoms with van der Waals surface area (Å²) >= 11 is 6.29. The molecule has 0 aliphatic heterocycles. The van der Waals surface area contributed by atoms with E-state index >= 15 is 0 Å². The average molecular weight is 366 g/mol. The fourth-order valence-electron chi connectivity index (χ4n) is 3.50. The summed E-state index contributed by atoms with van der Waals surface area (Å²) in [6.45, 7) is 0. The van der Waals surface area contributed by atoms with Crippen molar-refractivity contribution < 1.29 is 4.79 Å². The van der Waals surface area contributed by atoms with Gasteiger partial charge in [0.05, 0.1) is 6.04 Å². The molecule has 1 aliphatic carbocycles. The van der Waals surface area contributed by atoms with Crippen molar-refractivity contribution in [1.29, 1.82) is 0 Å². The Morgan fingerprint density at radius 3 is 2.69 bits per heavy atom. The van der Waals surface area contributed by atoms with Gasteiger partial charge in [-0.05, 0) is 36.4 Å². The maximum atomic E-state index is 13.1. The topological polar surface area (TPSA) is 47.2 Å². The molecule has 0 atom stereocenters. The van der Waals surface area contributed by atoms with E-state index in [0.717, 1.165) is 23.6 Å². The van der Waals surface area contributed by atoms with Crippen molar-refractivity contribution in [2.45, 2.75) is 38.1 Å². The molecule has 0 unspecified atom stereocenters. The van der Waals surface area contributed by atoms with E-state index in [2.05, 4.69) is 4.98 Å². The van der Waals surface area contributed by atoms with Gasteiger partial charge in [-0.1, -0.05) is 61.2 Å². The second-order valence-electron chi connectivity index (χ2n) is 6.67. The van der Waals surface area contributed by atoms with Crippen molar-refractivity contribution >= 4 is 28.3 Å². The van der Waals surface area contributed by atoms with Gasteiger partial charge in [-0.15, -0.1) is 0 Å². The number of fused-ring (bicyclic) bond motifs is 1. The minimum atomic E-state index is -0.215. The summed E-state index contributed by atoms with van der Waals surface area (Å²) in [5.41, 5.74) is 1.00. The van der Waals surface area contributed by atoms with Crippen molar-refractivity contribution in [1.82, 2.24) is 9.55 Å². The van der Waals surface area contributed by atoms with Crippen LogP contribution in [0.3, 0.4) is 0 Å². The lowest BCUT2D eigenvalue weighted by atomic mass is 9.96. The van der Waals surface area contributed by atoms with Gasteiger partial charge in [0, 0.05) is 11.6 Å². The minimum absolute atomic E-state index is 0.215. The zero-order valence-electron chi connectivity index (χ0n) is 14.4. The highest BCUT2D eigenvalue weighted by molar-refractivity contribution is 6.34. The highest BCUT2D eigenvalue weighted by Crippen LogP contribution is 2.23. The first kappa shape index (κ1) is 17.0. The van der Waals surface area contributed by atoms with Gasteiger partial charge >= 0.3 is 0 Å². The SMILES string of the molecule is O=C(c1cc2ccccc2c(Cl)n1)n1ccccc1=NC1CCCCC1. The molecular weight excluding hydrogens is 346 g/mol. The minimum Gasteiger partial charge on any atom is -0.267 e. The number of hydrogen-bond donors (Lipinski definition) is 0. The zero-order valence-corrected chi connectivity index (χ0v) is 15.2. The van der Waals surface area contributed by atoms with Crippen molar-refractivity contribution in [3.05, 3.63) is 71.1 Å². The zero-order chi connectivity index (χ0) is 17.9. The predicted octanol–water partition coefficient (Wildman–Crippen LogP) is 4.61. The highest BCUT2D eigenvalue weighted by atomic mass is 35.5. The summed E-state index contributed by atoms with van der Waals surface area (Å²) in [5.74, 6) is -0.215. The molecule has 132 valence electrons. The Morgan fingerprint density at radius 1 is 1.08 bits per heavy atom. The molecule has 1 fully saturated rings. The number of aromatic nitrogens is 2. The Bertz CT molecular complexity index is 1020. The summed E-state index contributed by atoms with van der Waals surface area (Å²) in [4.78, 5) is 22.2. The molecule has 1 saturated carbocycles. The molecule has 26 heavy (non-hydrogen) atoms. The van der Waals surface area contributed by atoms with Crippen LogP contribution in [0, 0.1) is 0 Å². The molecule has 5 heteroatoms. The molecule has 0 saturated heterocycles. The summed E-state index contributed by atoms with van der Waals surface area (Å²) in [5, 5.41) is 2.09. The van der Waals surface area contributed by atoms with E-state index in [-0.39, 0.29) is 5.91 Å². The molecule has 0 radical (unpaired) electrons. The molecule has 4 rings (SSSR count). The van der Waals surface area contributed by atoms with Gasteiger partial charge in [0.2, 0.25) is 0 Å². The number of halogens is 1. The molecule has 0 bridgehead atoms. The molecule has 1 aromatic carbocycles. The fourth-order valence-corrected chi connectivity index (χ4v) is 3.76. The average Bonchev–Trinajstić information content (AvgIpc) is 2.69. The van der Waals surface area contributed by atoms with Gasteiger partial charge < -0.3 is 0 Å². The predicted molar refractivity (Wildman–Crippen MR) is 103 cm³/mol. The van der Waals surface area contributed by atoms with Gasteiger partial charge in [-0.25, -0.2) is 4.98 Å². The van der Waals surface area contributed by atoms with Crippen LogP contribution in [0.15, 0.2) is 59.7 Å². The van der Waals surface area contributed by atoms with Crippen LogP contribution in [0.2, 0.25) is 5.15 Å². The van der Waals surface area contributed by atoms with E-state index in [1.807, 2.05) is 42.5 Å². The van der Waals surface area contributed by atoms with Gasteiger partial charge in [0.25, 0.3) is 5.91 Å². The Morgan fingerprint density at radius 2 is 1.85 bits per heavy atom. The maximum absolute atomic E-state index is 13.1. The van der Waals surface area contributed by atoms with Gasteiger partial charge in [0.1, 0.15) is 16.3 Å². The number of hydrogen-bond acceptors (Lipinski definition) is 3. The van der Waals surface area contributed by atoms with Gasteiger partial charge in [-0.3, -0.25) is 14.4 Å². The normalized spacial score (nSPS) is 16.1. The van der Waals surface area contributed by atoms with Crippen molar-refractivity contribution in [2.24, 2.45) is 4.99 Å². The monoisotopic (exact) mass is 365 g/mol. The number of benzene rings is 1. The van der Waals surface area contributed by atoms with Crippen LogP contribution < -0.4 is 5.49 Å². The third kappa shape index (κ3) is 3.42. The summed E-state index contributed by atoms with van der Waals surface area (Å²) in [6, 6.07) is 15.4. The van der Waals surface area contributed by atoms with E-state index in [9.17, 15) is 4.79 Å². The molecule has 4 nitrogen and oxygen atoms in total. The standard InChI is InChI=1S/C21H20ClN3O/c22-20-17-11-5-4-8-15(17)14-18(24-20)21(26)25-13-7-6-12-19(25)23-16-9-2-1-3-10-16/h4-8,11-14,16H,1-3,9-10H2. The molecular formula is C21H20ClN3O. The van der Waals surface area contributed by atoms with E-state index < -0.39 is 0 Å².